The average molecular weight is 317 g/mol. The monoisotopic (exact) mass is 316 g/mol. The minimum absolute atomic E-state index is 0.181. The van der Waals surface area contributed by atoms with Gasteiger partial charge in [-0.05, 0) is 54.4 Å². The van der Waals surface area contributed by atoms with Crippen LogP contribution in [0.2, 0.25) is 0 Å². The molecule has 1 aromatic rings. The predicted molar refractivity (Wildman–Crippen MR) is 74.6 cm³/mol. The molecule has 1 aromatic heterocycles. The molecule has 3 nitrogen and oxygen atoms in total. The highest BCUT2D eigenvalue weighted by atomic mass is 79.9. The molecule has 0 spiro atoms. The van der Waals surface area contributed by atoms with Crippen molar-refractivity contribution in [2.75, 3.05) is 20.1 Å². The number of carbonyl (C=O) groups excluding carboxylic acids is 1. The summed E-state index contributed by atoms with van der Waals surface area (Å²) in [5.41, 5.74) is 0. The van der Waals surface area contributed by atoms with Crippen LogP contribution in [0.25, 0.3) is 0 Å². The first kappa shape index (κ1) is 13.1. The number of thiophene rings is 1. The van der Waals surface area contributed by atoms with Gasteiger partial charge in [-0.1, -0.05) is 0 Å². The van der Waals surface area contributed by atoms with Crippen LogP contribution in [0.3, 0.4) is 0 Å². The minimum atomic E-state index is 0.181. The molecule has 2 rings (SSSR count). The van der Waals surface area contributed by atoms with E-state index in [4.69, 9.17) is 0 Å². The van der Waals surface area contributed by atoms with Gasteiger partial charge in [0.05, 0.1) is 8.66 Å². The van der Waals surface area contributed by atoms with E-state index in [1.54, 1.807) is 0 Å². The first-order valence-corrected chi connectivity index (χ1v) is 7.54. The van der Waals surface area contributed by atoms with Crippen molar-refractivity contribution in [1.29, 1.82) is 0 Å². The average Bonchev–Trinajstić information content (AvgIpc) is 2.76. The van der Waals surface area contributed by atoms with Gasteiger partial charge >= 0.3 is 0 Å². The maximum Gasteiger partial charge on any atom is 0.264 e. The molecular formula is C12H17BrN2OS. The molecule has 94 valence electrons. The molecule has 17 heavy (non-hydrogen) atoms. The second-order valence-electron chi connectivity index (χ2n) is 4.31. The van der Waals surface area contributed by atoms with Crippen LogP contribution in [0.5, 0.6) is 0 Å². The van der Waals surface area contributed by atoms with Crippen LogP contribution in [0.1, 0.15) is 28.9 Å². The summed E-state index contributed by atoms with van der Waals surface area (Å²) in [5.74, 6) is 0.181. The Hall–Kier alpha value is -0.390. The lowest BCUT2D eigenvalue weighted by Gasteiger charge is -2.35. The molecule has 1 aliphatic rings. The van der Waals surface area contributed by atoms with Crippen molar-refractivity contribution in [2.45, 2.75) is 25.3 Å². The Balaban J connectivity index is 2.10. The van der Waals surface area contributed by atoms with E-state index in [1.807, 2.05) is 24.1 Å². The van der Waals surface area contributed by atoms with Gasteiger partial charge in [-0.15, -0.1) is 11.3 Å². The SMILES string of the molecule is CNCC1CCCCN1C(=O)c1ccc(Br)s1. The van der Waals surface area contributed by atoms with Crippen LogP contribution >= 0.6 is 27.3 Å². The molecule has 0 bridgehead atoms. The molecule has 1 aliphatic heterocycles. The Kier molecular flexibility index (Phi) is 4.59. The highest BCUT2D eigenvalue weighted by Crippen LogP contribution is 2.26. The number of rotatable bonds is 3. The lowest BCUT2D eigenvalue weighted by molar-refractivity contribution is 0.0620. The van der Waals surface area contributed by atoms with Crippen LogP contribution in [-0.2, 0) is 0 Å². The lowest BCUT2D eigenvalue weighted by Crippen LogP contribution is -2.47. The number of carbonyl (C=O) groups is 1. The Labute approximate surface area is 114 Å². The topological polar surface area (TPSA) is 32.3 Å². The number of piperidine rings is 1. The standard InChI is InChI=1S/C12H17BrN2OS/c1-14-8-9-4-2-3-7-15(9)12(16)10-5-6-11(13)17-10/h5-6,9,14H,2-4,7-8H2,1H3. The molecule has 0 radical (unpaired) electrons. The lowest BCUT2D eigenvalue weighted by atomic mass is 10.0. The second kappa shape index (κ2) is 5.98. The Morgan fingerprint density at radius 2 is 2.41 bits per heavy atom. The number of hydrogen-bond acceptors (Lipinski definition) is 3. The molecule has 1 amide bonds. The van der Waals surface area contributed by atoms with Crippen molar-refractivity contribution in [3.8, 4) is 0 Å². The van der Waals surface area contributed by atoms with E-state index in [0.717, 1.165) is 34.6 Å². The van der Waals surface area contributed by atoms with Gasteiger partial charge in [0.15, 0.2) is 0 Å². The molecule has 2 heterocycles. The van der Waals surface area contributed by atoms with E-state index in [9.17, 15) is 4.79 Å². The van der Waals surface area contributed by atoms with Gasteiger partial charge in [0.25, 0.3) is 5.91 Å². The fourth-order valence-electron chi connectivity index (χ4n) is 2.29. The first-order valence-electron chi connectivity index (χ1n) is 5.93. The van der Waals surface area contributed by atoms with Gasteiger partial charge in [0.2, 0.25) is 0 Å². The van der Waals surface area contributed by atoms with Crippen molar-refractivity contribution in [3.05, 3.63) is 20.8 Å². The van der Waals surface area contributed by atoms with Crippen LogP contribution in [0, 0.1) is 0 Å². The summed E-state index contributed by atoms with van der Waals surface area (Å²) >= 11 is 4.92. The first-order chi connectivity index (χ1) is 8.22. The smallest absolute Gasteiger partial charge is 0.264 e. The van der Waals surface area contributed by atoms with Crippen molar-refractivity contribution >= 4 is 33.2 Å². The van der Waals surface area contributed by atoms with E-state index >= 15 is 0 Å². The summed E-state index contributed by atoms with van der Waals surface area (Å²) in [6, 6.07) is 4.19. The molecular weight excluding hydrogens is 300 g/mol. The van der Waals surface area contributed by atoms with Gasteiger partial charge < -0.3 is 10.2 Å². The summed E-state index contributed by atoms with van der Waals surface area (Å²) in [7, 11) is 1.94. The molecule has 5 heteroatoms. The van der Waals surface area contributed by atoms with E-state index in [-0.39, 0.29) is 5.91 Å². The normalized spacial score (nSPS) is 20.6. The second-order valence-corrected chi connectivity index (χ2v) is 6.77. The minimum Gasteiger partial charge on any atom is -0.334 e. The van der Waals surface area contributed by atoms with Gasteiger partial charge in [0.1, 0.15) is 0 Å². The molecule has 0 aromatic carbocycles. The zero-order valence-corrected chi connectivity index (χ0v) is 12.3. The molecule has 1 fully saturated rings. The number of likely N-dealkylation sites (N-methyl/N-ethyl adjacent to an activating group) is 1. The summed E-state index contributed by atoms with van der Waals surface area (Å²) in [6.07, 6.45) is 3.46. The third kappa shape index (κ3) is 3.09. The van der Waals surface area contributed by atoms with Crippen molar-refractivity contribution in [3.63, 3.8) is 0 Å². The fourth-order valence-corrected chi connectivity index (χ4v) is 3.63. The summed E-state index contributed by atoms with van der Waals surface area (Å²) < 4.78 is 1.02. The molecule has 0 aliphatic carbocycles. The molecule has 1 unspecified atom stereocenters. The van der Waals surface area contributed by atoms with Crippen molar-refractivity contribution in [1.82, 2.24) is 10.2 Å². The zero-order chi connectivity index (χ0) is 12.3. The highest BCUT2D eigenvalue weighted by Gasteiger charge is 2.27. The van der Waals surface area contributed by atoms with Gasteiger partial charge in [-0.2, -0.15) is 0 Å². The van der Waals surface area contributed by atoms with E-state index in [1.165, 1.54) is 17.8 Å². The number of nitrogens with zero attached hydrogens (tertiary/aromatic N) is 1. The van der Waals surface area contributed by atoms with Crippen LogP contribution in [-0.4, -0.2) is 37.0 Å². The summed E-state index contributed by atoms with van der Waals surface area (Å²) in [4.78, 5) is 15.2. The third-order valence-corrected chi connectivity index (χ3v) is 4.72. The van der Waals surface area contributed by atoms with Crippen molar-refractivity contribution in [2.24, 2.45) is 0 Å². The summed E-state index contributed by atoms with van der Waals surface area (Å²) in [5, 5.41) is 3.18. The van der Waals surface area contributed by atoms with Crippen LogP contribution in [0.4, 0.5) is 0 Å². The van der Waals surface area contributed by atoms with Crippen LogP contribution < -0.4 is 5.32 Å². The number of hydrogen-bond donors (Lipinski definition) is 1. The third-order valence-electron chi connectivity index (χ3n) is 3.11. The largest absolute Gasteiger partial charge is 0.334 e. The number of likely N-dealkylation sites (tertiary alicyclic amines) is 1. The Bertz CT molecular complexity index is 392. The van der Waals surface area contributed by atoms with E-state index < -0.39 is 0 Å². The Morgan fingerprint density at radius 3 is 3.06 bits per heavy atom. The molecule has 1 atom stereocenters. The predicted octanol–water partition coefficient (Wildman–Crippen LogP) is 2.72. The van der Waals surface area contributed by atoms with Gasteiger partial charge in [0, 0.05) is 19.1 Å². The molecule has 0 saturated carbocycles. The number of nitrogens with one attached hydrogen (secondary N) is 1. The number of amides is 1. The van der Waals surface area contributed by atoms with Gasteiger partial charge in [-0.3, -0.25) is 4.79 Å². The highest BCUT2D eigenvalue weighted by molar-refractivity contribution is 9.11. The van der Waals surface area contributed by atoms with E-state index in [0.29, 0.717) is 6.04 Å². The maximum atomic E-state index is 12.4. The van der Waals surface area contributed by atoms with Gasteiger partial charge in [-0.25, -0.2) is 0 Å². The van der Waals surface area contributed by atoms with Crippen LogP contribution in [0.15, 0.2) is 15.9 Å². The quantitative estimate of drug-likeness (QED) is 0.930. The molecule has 1 N–H and O–H groups in total. The maximum absolute atomic E-state index is 12.4. The number of halogens is 1. The molecule has 1 saturated heterocycles. The summed E-state index contributed by atoms with van der Waals surface area (Å²) in [6.45, 7) is 1.78. The van der Waals surface area contributed by atoms with Crippen molar-refractivity contribution < 1.29 is 4.79 Å². The fraction of sp³-hybridized carbons (Fsp3) is 0.583. The Morgan fingerprint density at radius 1 is 1.59 bits per heavy atom. The zero-order valence-electron chi connectivity index (χ0n) is 9.91. The van der Waals surface area contributed by atoms with E-state index in [2.05, 4.69) is 21.2 Å².